The number of hydrogen-bond acceptors (Lipinski definition) is 3. The van der Waals surface area contributed by atoms with Crippen molar-refractivity contribution >= 4 is 40.7 Å². The van der Waals surface area contributed by atoms with Crippen LogP contribution in [0.25, 0.3) is 0 Å². The number of Topliss-reactive ketones (excluding diaryl/α,β-unsaturated/α-hetero) is 1. The minimum Gasteiger partial charge on any atom is -0.385 e. The maximum absolute atomic E-state index is 12.2. The summed E-state index contributed by atoms with van der Waals surface area (Å²) in [7, 11) is 1.67. The molecule has 1 atom stereocenters. The summed E-state index contributed by atoms with van der Waals surface area (Å²) in [6.07, 6.45) is 0.938. The molecule has 18 heavy (non-hydrogen) atoms. The van der Waals surface area contributed by atoms with Gasteiger partial charge in [-0.2, -0.15) is 11.8 Å². The molecule has 0 aliphatic heterocycles. The number of hydrogen-bond donors (Lipinski definition) is 0. The Morgan fingerprint density at radius 3 is 2.78 bits per heavy atom. The number of ether oxygens (including phenoxy) is 1. The van der Waals surface area contributed by atoms with E-state index in [1.54, 1.807) is 37.1 Å². The van der Waals surface area contributed by atoms with Gasteiger partial charge in [0.05, 0.1) is 10.3 Å². The van der Waals surface area contributed by atoms with Crippen LogP contribution in [0, 0.1) is 0 Å². The first-order valence-electron chi connectivity index (χ1n) is 5.66. The molecule has 0 aliphatic rings. The fourth-order valence-corrected chi connectivity index (χ4v) is 2.87. The van der Waals surface area contributed by atoms with Gasteiger partial charge in [0.2, 0.25) is 0 Å². The van der Waals surface area contributed by atoms with Crippen LogP contribution in [0.15, 0.2) is 18.2 Å². The van der Waals surface area contributed by atoms with Gasteiger partial charge in [-0.25, -0.2) is 0 Å². The molecular formula is C13H16Cl2O2S. The van der Waals surface area contributed by atoms with Crippen molar-refractivity contribution in [3.63, 3.8) is 0 Å². The third-order valence-corrected chi connectivity index (χ3v) is 4.21. The monoisotopic (exact) mass is 306 g/mol. The molecule has 0 radical (unpaired) electrons. The summed E-state index contributed by atoms with van der Waals surface area (Å²) in [5.41, 5.74) is 0.535. The topological polar surface area (TPSA) is 26.3 Å². The predicted molar refractivity (Wildman–Crippen MR) is 79.2 cm³/mol. The Morgan fingerprint density at radius 1 is 1.44 bits per heavy atom. The molecule has 0 aliphatic carbocycles. The second kappa shape index (κ2) is 8.05. The number of carbonyl (C=O) groups excluding carboxylic acids is 1. The van der Waals surface area contributed by atoms with Crippen molar-refractivity contribution in [2.24, 2.45) is 0 Å². The molecule has 0 saturated heterocycles. The number of carbonyl (C=O) groups is 1. The van der Waals surface area contributed by atoms with Gasteiger partial charge in [0, 0.05) is 24.3 Å². The second-order valence-corrected chi connectivity index (χ2v) is 6.14. The molecule has 5 heteroatoms. The van der Waals surface area contributed by atoms with Crippen molar-refractivity contribution in [1.29, 1.82) is 0 Å². The lowest BCUT2D eigenvalue weighted by atomic mass is 10.1. The van der Waals surface area contributed by atoms with E-state index in [2.05, 4.69) is 0 Å². The normalized spacial score (nSPS) is 12.4. The largest absolute Gasteiger partial charge is 0.385 e. The van der Waals surface area contributed by atoms with Crippen LogP contribution in [-0.2, 0) is 4.74 Å². The van der Waals surface area contributed by atoms with Crippen molar-refractivity contribution in [3.8, 4) is 0 Å². The first-order valence-corrected chi connectivity index (χ1v) is 7.46. The van der Waals surface area contributed by atoms with E-state index < -0.39 is 0 Å². The first kappa shape index (κ1) is 15.8. The summed E-state index contributed by atoms with van der Waals surface area (Å²) in [5.74, 6) is 0.936. The average Bonchev–Trinajstić information content (AvgIpc) is 2.33. The lowest BCUT2D eigenvalue weighted by molar-refractivity contribution is 0.0994. The number of halogens is 2. The molecule has 1 aromatic carbocycles. The predicted octanol–water partition coefficient (Wildman–Crippen LogP) is 4.33. The average molecular weight is 307 g/mol. The van der Waals surface area contributed by atoms with Crippen LogP contribution >= 0.6 is 35.0 Å². The zero-order valence-electron chi connectivity index (χ0n) is 10.4. The standard InChI is InChI=1S/C13H16Cl2O2S/c1-9(18-7-3-6-17-2)13(16)11-5-4-10(14)8-12(11)15/h4-5,8-9H,3,6-7H2,1-2H3. The maximum atomic E-state index is 12.2. The van der Waals surface area contributed by atoms with E-state index >= 15 is 0 Å². The van der Waals surface area contributed by atoms with Crippen molar-refractivity contribution in [2.45, 2.75) is 18.6 Å². The summed E-state index contributed by atoms with van der Waals surface area (Å²) in [6, 6.07) is 4.96. The molecule has 2 nitrogen and oxygen atoms in total. The number of thioether (sulfide) groups is 1. The van der Waals surface area contributed by atoms with E-state index in [0.29, 0.717) is 15.6 Å². The molecule has 1 aromatic rings. The van der Waals surface area contributed by atoms with E-state index in [1.807, 2.05) is 6.92 Å². The molecule has 0 heterocycles. The number of rotatable bonds is 7. The molecule has 0 bridgehead atoms. The molecule has 0 aromatic heterocycles. The van der Waals surface area contributed by atoms with Crippen molar-refractivity contribution < 1.29 is 9.53 Å². The van der Waals surface area contributed by atoms with Crippen LogP contribution in [0.1, 0.15) is 23.7 Å². The highest BCUT2D eigenvalue weighted by atomic mass is 35.5. The van der Waals surface area contributed by atoms with Gasteiger partial charge in [-0.3, -0.25) is 4.79 Å². The summed E-state index contributed by atoms with van der Waals surface area (Å²) >= 11 is 13.4. The molecule has 0 spiro atoms. The van der Waals surface area contributed by atoms with Gasteiger partial charge in [-0.1, -0.05) is 23.2 Å². The van der Waals surface area contributed by atoms with Crippen LogP contribution in [0.5, 0.6) is 0 Å². The Bertz CT molecular complexity index is 410. The quantitative estimate of drug-likeness (QED) is 0.554. The van der Waals surface area contributed by atoms with Crippen molar-refractivity contribution in [3.05, 3.63) is 33.8 Å². The van der Waals surface area contributed by atoms with E-state index in [0.717, 1.165) is 18.8 Å². The molecule has 1 rings (SSSR count). The Balaban J connectivity index is 2.57. The highest BCUT2D eigenvalue weighted by Gasteiger charge is 2.18. The fraction of sp³-hybridized carbons (Fsp3) is 0.462. The Hall–Kier alpha value is -0.220. The third kappa shape index (κ3) is 4.81. The second-order valence-electron chi connectivity index (χ2n) is 3.85. The van der Waals surface area contributed by atoms with Gasteiger partial charge < -0.3 is 4.74 Å². The third-order valence-electron chi connectivity index (χ3n) is 2.43. The van der Waals surface area contributed by atoms with Gasteiger partial charge in [0.25, 0.3) is 0 Å². The highest BCUT2D eigenvalue weighted by Crippen LogP contribution is 2.25. The highest BCUT2D eigenvalue weighted by molar-refractivity contribution is 8.00. The van der Waals surface area contributed by atoms with Crippen molar-refractivity contribution in [1.82, 2.24) is 0 Å². The van der Waals surface area contributed by atoms with Crippen LogP contribution in [0.4, 0.5) is 0 Å². The van der Waals surface area contributed by atoms with Crippen LogP contribution < -0.4 is 0 Å². The Morgan fingerprint density at radius 2 is 2.17 bits per heavy atom. The minimum atomic E-state index is -0.111. The molecule has 0 fully saturated rings. The van der Waals surface area contributed by atoms with E-state index in [1.165, 1.54) is 0 Å². The molecule has 0 amide bonds. The number of benzene rings is 1. The van der Waals surface area contributed by atoms with Crippen LogP contribution in [-0.4, -0.2) is 30.5 Å². The number of ketones is 1. The zero-order valence-corrected chi connectivity index (χ0v) is 12.7. The lowest BCUT2D eigenvalue weighted by Gasteiger charge is -2.11. The smallest absolute Gasteiger partial charge is 0.177 e. The molecule has 1 unspecified atom stereocenters. The Labute approximate surface area is 122 Å². The molecule has 0 N–H and O–H groups in total. The summed E-state index contributed by atoms with van der Waals surface area (Å²) in [4.78, 5) is 12.2. The zero-order chi connectivity index (χ0) is 13.5. The Kier molecular flexibility index (Phi) is 7.08. The van der Waals surface area contributed by atoms with E-state index in [4.69, 9.17) is 27.9 Å². The maximum Gasteiger partial charge on any atom is 0.177 e. The summed E-state index contributed by atoms with van der Waals surface area (Å²) in [6.45, 7) is 2.61. The number of methoxy groups -OCH3 is 1. The van der Waals surface area contributed by atoms with Gasteiger partial charge >= 0.3 is 0 Å². The lowest BCUT2D eigenvalue weighted by Crippen LogP contribution is -2.15. The first-order chi connectivity index (χ1) is 8.56. The van der Waals surface area contributed by atoms with Gasteiger partial charge in [-0.05, 0) is 37.3 Å². The molecule has 100 valence electrons. The fourth-order valence-electron chi connectivity index (χ4n) is 1.45. The van der Waals surface area contributed by atoms with Crippen LogP contribution in [0.3, 0.4) is 0 Å². The van der Waals surface area contributed by atoms with Gasteiger partial charge in [0.1, 0.15) is 0 Å². The SMILES string of the molecule is COCCCSC(C)C(=O)c1ccc(Cl)cc1Cl. The molecule has 0 saturated carbocycles. The minimum absolute atomic E-state index is 0.0408. The summed E-state index contributed by atoms with van der Waals surface area (Å²) in [5, 5.41) is 0.842. The molecular weight excluding hydrogens is 291 g/mol. The van der Waals surface area contributed by atoms with E-state index in [9.17, 15) is 4.79 Å². The van der Waals surface area contributed by atoms with E-state index in [-0.39, 0.29) is 11.0 Å². The van der Waals surface area contributed by atoms with Crippen molar-refractivity contribution in [2.75, 3.05) is 19.5 Å². The van der Waals surface area contributed by atoms with Gasteiger partial charge in [0.15, 0.2) is 5.78 Å². The van der Waals surface area contributed by atoms with Crippen LogP contribution in [0.2, 0.25) is 10.0 Å². The van der Waals surface area contributed by atoms with Gasteiger partial charge in [-0.15, -0.1) is 0 Å². The summed E-state index contributed by atoms with van der Waals surface area (Å²) < 4.78 is 4.97.